The molecule has 0 heterocycles. The van der Waals surface area contributed by atoms with Gasteiger partial charge in [-0.25, -0.2) is 5.43 Å². The maximum Gasteiger partial charge on any atom is 0.303 e. The van der Waals surface area contributed by atoms with E-state index in [2.05, 4.69) is 83.3 Å². The SMILES string of the molecule is O=C(O)CCCCCC(=O)N/N=C/C[P+](c1ccccc1)(c1ccccc1)c1ccccc1. The van der Waals surface area contributed by atoms with Crippen molar-refractivity contribution in [3.63, 3.8) is 0 Å². The molecule has 0 aliphatic rings. The molecule has 3 aromatic rings. The van der Waals surface area contributed by atoms with Gasteiger partial charge in [0.05, 0.1) is 6.21 Å². The molecule has 170 valence electrons. The largest absolute Gasteiger partial charge is 0.481 e. The smallest absolute Gasteiger partial charge is 0.303 e. The van der Waals surface area contributed by atoms with Crippen molar-refractivity contribution in [1.29, 1.82) is 0 Å². The van der Waals surface area contributed by atoms with Crippen LogP contribution in [0.2, 0.25) is 0 Å². The molecule has 0 bridgehead atoms. The maximum atomic E-state index is 12.1. The summed E-state index contributed by atoms with van der Waals surface area (Å²) in [4.78, 5) is 22.7. The molecule has 3 aromatic carbocycles. The summed E-state index contributed by atoms with van der Waals surface area (Å²) in [5.74, 6) is -0.948. The number of aliphatic carboxylic acids is 1. The van der Waals surface area contributed by atoms with Crippen LogP contribution in [0.3, 0.4) is 0 Å². The number of nitrogens with one attached hydrogen (secondary N) is 1. The minimum Gasteiger partial charge on any atom is -0.481 e. The van der Waals surface area contributed by atoms with Crippen LogP contribution in [-0.2, 0) is 9.59 Å². The number of carboxylic acids is 1. The Bertz CT molecular complexity index is 944. The predicted molar refractivity (Wildman–Crippen MR) is 137 cm³/mol. The summed E-state index contributed by atoms with van der Waals surface area (Å²) in [6.07, 6.45) is 4.95. The summed E-state index contributed by atoms with van der Waals surface area (Å²) in [7, 11) is -2.01. The highest BCUT2D eigenvalue weighted by Gasteiger charge is 2.44. The number of nitrogens with zero attached hydrogens (tertiary/aromatic N) is 1. The van der Waals surface area contributed by atoms with Crippen molar-refractivity contribution in [1.82, 2.24) is 5.43 Å². The van der Waals surface area contributed by atoms with E-state index in [1.807, 2.05) is 24.4 Å². The number of rotatable bonds is 12. The van der Waals surface area contributed by atoms with Crippen LogP contribution in [0.5, 0.6) is 0 Å². The predicted octanol–water partition coefficient (Wildman–Crippen LogP) is 4.12. The third-order valence-corrected chi connectivity index (χ3v) is 9.77. The van der Waals surface area contributed by atoms with Crippen LogP contribution in [0.15, 0.2) is 96.1 Å². The summed E-state index contributed by atoms with van der Waals surface area (Å²) < 4.78 is 0. The molecule has 33 heavy (non-hydrogen) atoms. The first-order valence-corrected chi connectivity index (χ1v) is 13.2. The molecule has 0 radical (unpaired) electrons. The Morgan fingerprint density at radius 1 is 0.727 bits per heavy atom. The molecule has 0 spiro atoms. The summed E-state index contributed by atoms with van der Waals surface area (Å²) in [5, 5.41) is 16.7. The molecule has 0 unspecified atom stereocenters. The average Bonchev–Trinajstić information content (AvgIpc) is 2.85. The first-order chi connectivity index (χ1) is 16.1. The van der Waals surface area contributed by atoms with Crippen molar-refractivity contribution in [3.8, 4) is 0 Å². The fraction of sp³-hybridized carbons (Fsp3) is 0.222. The number of hydrazone groups is 1. The first kappa shape index (κ1) is 24.3. The van der Waals surface area contributed by atoms with Crippen LogP contribution in [0.25, 0.3) is 0 Å². The topological polar surface area (TPSA) is 78.8 Å². The standard InChI is InChI=1S/C27H29N2O3P/c30-26(19-11-4-12-20-27(31)32)29-28-21-22-33(23-13-5-1-6-14-23,24-15-7-2-8-16-24)25-17-9-3-10-18-25/h1-3,5-10,13-18,21H,4,11-12,19-20,22H2,(H-,29,30,31,32)/p+1/b28-21+. The molecule has 0 saturated carbocycles. The zero-order chi connectivity index (χ0) is 23.4. The molecule has 0 aromatic heterocycles. The summed E-state index contributed by atoms with van der Waals surface area (Å²) in [6.45, 7) is 0. The van der Waals surface area contributed by atoms with Gasteiger partial charge < -0.3 is 5.11 Å². The Hall–Kier alpha value is -3.30. The average molecular weight is 462 g/mol. The third kappa shape index (κ3) is 6.84. The van der Waals surface area contributed by atoms with E-state index in [1.54, 1.807) is 0 Å². The zero-order valence-electron chi connectivity index (χ0n) is 18.6. The van der Waals surface area contributed by atoms with E-state index < -0.39 is 13.2 Å². The number of benzene rings is 3. The highest BCUT2D eigenvalue weighted by atomic mass is 31.2. The normalized spacial score (nSPS) is 11.4. The van der Waals surface area contributed by atoms with Gasteiger partial charge in [0, 0.05) is 12.8 Å². The molecular formula is C27H30N2O3P+. The molecule has 0 saturated heterocycles. The van der Waals surface area contributed by atoms with Gasteiger partial charge in [0.2, 0.25) is 5.91 Å². The number of amides is 1. The third-order valence-electron chi connectivity index (χ3n) is 5.52. The van der Waals surface area contributed by atoms with Crippen molar-refractivity contribution < 1.29 is 14.7 Å². The van der Waals surface area contributed by atoms with Crippen molar-refractivity contribution in [3.05, 3.63) is 91.0 Å². The number of hydrogen-bond donors (Lipinski definition) is 2. The summed E-state index contributed by atoms with van der Waals surface area (Å²) >= 11 is 0. The lowest BCUT2D eigenvalue weighted by molar-refractivity contribution is -0.137. The van der Waals surface area contributed by atoms with Gasteiger partial charge in [0.25, 0.3) is 0 Å². The van der Waals surface area contributed by atoms with Gasteiger partial charge in [-0.2, -0.15) is 5.10 Å². The number of hydrogen-bond acceptors (Lipinski definition) is 3. The van der Waals surface area contributed by atoms with Gasteiger partial charge in [0.1, 0.15) is 29.3 Å². The van der Waals surface area contributed by atoms with Crippen LogP contribution in [0.1, 0.15) is 32.1 Å². The van der Waals surface area contributed by atoms with Gasteiger partial charge in [0.15, 0.2) is 0 Å². The number of carbonyl (C=O) groups excluding carboxylic acids is 1. The van der Waals surface area contributed by atoms with Crippen molar-refractivity contribution in [2.24, 2.45) is 5.10 Å². The zero-order valence-corrected chi connectivity index (χ0v) is 19.5. The highest BCUT2D eigenvalue weighted by Crippen LogP contribution is 2.54. The van der Waals surface area contributed by atoms with Gasteiger partial charge in [-0.3, -0.25) is 9.59 Å². The maximum absolute atomic E-state index is 12.1. The van der Waals surface area contributed by atoms with Crippen LogP contribution in [-0.4, -0.2) is 29.4 Å². The second-order valence-electron chi connectivity index (χ2n) is 7.80. The quantitative estimate of drug-likeness (QED) is 0.184. The number of unbranched alkanes of at least 4 members (excludes halogenated alkanes) is 2. The van der Waals surface area contributed by atoms with Gasteiger partial charge >= 0.3 is 5.97 Å². The fourth-order valence-corrected chi connectivity index (χ4v) is 7.78. The summed E-state index contributed by atoms with van der Waals surface area (Å²) in [5.41, 5.74) is 2.64. The summed E-state index contributed by atoms with van der Waals surface area (Å²) in [6, 6.07) is 31.6. The van der Waals surface area contributed by atoms with E-state index in [4.69, 9.17) is 5.11 Å². The molecule has 5 nitrogen and oxygen atoms in total. The van der Waals surface area contributed by atoms with Gasteiger partial charge in [-0.15, -0.1) is 0 Å². The molecular weight excluding hydrogens is 431 g/mol. The first-order valence-electron chi connectivity index (χ1n) is 11.2. The van der Waals surface area contributed by atoms with E-state index in [0.717, 1.165) is 0 Å². The second kappa shape index (κ2) is 12.7. The van der Waals surface area contributed by atoms with E-state index in [1.165, 1.54) is 15.9 Å². The van der Waals surface area contributed by atoms with E-state index in [9.17, 15) is 9.59 Å². The fourth-order valence-electron chi connectivity index (χ4n) is 3.89. The molecule has 0 atom stereocenters. The van der Waals surface area contributed by atoms with Crippen LogP contribution < -0.4 is 21.3 Å². The monoisotopic (exact) mass is 461 g/mol. The lowest BCUT2D eigenvalue weighted by Gasteiger charge is -2.26. The van der Waals surface area contributed by atoms with Crippen LogP contribution >= 0.6 is 7.26 Å². The van der Waals surface area contributed by atoms with Crippen molar-refractivity contribution in [2.75, 3.05) is 6.16 Å². The van der Waals surface area contributed by atoms with E-state index in [0.29, 0.717) is 31.8 Å². The molecule has 0 fully saturated rings. The highest BCUT2D eigenvalue weighted by molar-refractivity contribution is 7.96. The molecule has 3 rings (SSSR count). The minimum absolute atomic E-state index is 0.143. The van der Waals surface area contributed by atoms with Gasteiger partial charge in [-0.05, 0) is 49.2 Å². The molecule has 0 aliphatic carbocycles. The lowest BCUT2D eigenvalue weighted by atomic mass is 10.1. The van der Waals surface area contributed by atoms with Crippen LogP contribution in [0, 0.1) is 0 Å². The van der Waals surface area contributed by atoms with Crippen molar-refractivity contribution in [2.45, 2.75) is 32.1 Å². The molecule has 2 N–H and O–H groups in total. The Labute approximate surface area is 195 Å². The van der Waals surface area contributed by atoms with Crippen molar-refractivity contribution >= 4 is 41.3 Å². The molecule has 1 amide bonds. The Kier molecular flexibility index (Phi) is 9.34. The Morgan fingerprint density at radius 2 is 1.18 bits per heavy atom. The van der Waals surface area contributed by atoms with E-state index >= 15 is 0 Å². The molecule has 0 aliphatic heterocycles. The van der Waals surface area contributed by atoms with Gasteiger partial charge in [-0.1, -0.05) is 61.0 Å². The van der Waals surface area contributed by atoms with Crippen LogP contribution in [0.4, 0.5) is 0 Å². The lowest BCUT2D eigenvalue weighted by Crippen LogP contribution is -2.34. The van der Waals surface area contributed by atoms with E-state index in [-0.39, 0.29) is 12.3 Å². The minimum atomic E-state index is -2.01. The number of carbonyl (C=O) groups is 2. The Morgan fingerprint density at radius 3 is 1.64 bits per heavy atom. The Balaban J connectivity index is 1.77. The second-order valence-corrected chi connectivity index (χ2v) is 11.3. The number of carboxylic acid groups (broad SMARTS) is 1. The molecule has 6 heteroatoms.